The Morgan fingerprint density at radius 1 is 1.38 bits per heavy atom. The number of pyridine rings is 1. The Balaban J connectivity index is 2.09. The van der Waals surface area contributed by atoms with Crippen LogP contribution in [0.15, 0.2) is 42.6 Å². The molecule has 1 unspecified atom stereocenters. The van der Waals surface area contributed by atoms with Gasteiger partial charge in [-0.3, -0.25) is 0 Å². The van der Waals surface area contributed by atoms with E-state index in [9.17, 15) is 0 Å². The fraction of sp³-hybridized carbons (Fsp3) is 0.357. The van der Waals surface area contributed by atoms with Crippen molar-refractivity contribution in [3.63, 3.8) is 0 Å². The van der Waals surface area contributed by atoms with E-state index in [2.05, 4.69) is 43.1 Å². The molecule has 1 heterocycles. The van der Waals surface area contributed by atoms with Gasteiger partial charge in [0.1, 0.15) is 6.10 Å². The number of nitrogens with one attached hydrogen (secondary N) is 1. The molecule has 0 spiro atoms. The minimum absolute atomic E-state index is 0.146. The molecule has 16 heavy (non-hydrogen) atoms. The summed E-state index contributed by atoms with van der Waals surface area (Å²) in [6, 6.07) is 4.06. The molecule has 0 amide bonds. The lowest BCUT2D eigenvalue weighted by molar-refractivity contribution is -0.396. The Kier molecular flexibility index (Phi) is 3.40. The molecule has 0 fully saturated rings. The van der Waals surface area contributed by atoms with Crippen molar-refractivity contribution in [1.82, 2.24) is 0 Å². The van der Waals surface area contributed by atoms with Crippen molar-refractivity contribution in [2.24, 2.45) is 5.92 Å². The fourth-order valence-corrected chi connectivity index (χ4v) is 1.79. The molecule has 0 aliphatic heterocycles. The van der Waals surface area contributed by atoms with Crippen LogP contribution in [0.25, 0.3) is 0 Å². The van der Waals surface area contributed by atoms with Crippen LogP contribution >= 0.6 is 0 Å². The number of H-pyrrole nitrogens is 1. The van der Waals surface area contributed by atoms with Crippen LogP contribution in [0.1, 0.15) is 18.9 Å². The number of aromatic amines is 1. The van der Waals surface area contributed by atoms with Crippen LogP contribution in [0.2, 0.25) is 0 Å². The number of hydrogen-bond acceptors (Lipinski definition) is 1. The molecule has 0 saturated carbocycles. The molecule has 1 aliphatic carbocycles. The van der Waals surface area contributed by atoms with Crippen LogP contribution < -0.4 is 9.72 Å². The molecule has 0 radical (unpaired) electrons. The van der Waals surface area contributed by atoms with Gasteiger partial charge in [-0.2, -0.15) is 4.98 Å². The van der Waals surface area contributed by atoms with Crippen molar-refractivity contribution in [2.45, 2.75) is 26.4 Å². The standard InChI is InChI=1S/C14H17NO/c1-11-8-9-15-14(10-11)16-13-7-5-3-4-6-12(13)2/h3-5,7-10,12-13H,6H2,1-2H3/p+1/t12-,13?/m1/s1. The minimum Gasteiger partial charge on any atom is -0.437 e. The second-order valence-corrected chi connectivity index (χ2v) is 4.34. The van der Waals surface area contributed by atoms with Gasteiger partial charge in [-0.15, -0.1) is 0 Å². The van der Waals surface area contributed by atoms with E-state index in [0.717, 1.165) is 12.3 Å². The first kappa shape index (κ1) is 10.9. The molecule has 1 aliphatic rings. The van der Waals surface area contributed by atoms with E-state index in [1.54, 1.807) is 0 Å². The van der Waals surface area contributed by atoms with Crippen LogP contribution in [-0.2, 0) is 0 Å². The number of aryl methyl sites for hydroxylation is 1. The van der Waals surface area contributed by atoms with Gasteiger partial charge in [0.15, 0.2) is 6.20 Å². The van der Waals surface area contributed by atoms with Crippen LogP contribution in [-0.4, -0.2) is 6.10 Å². The van der Waals surface area contributed by atoms with Gasteiger partial charge in [-0.1, -0.05) is 25.2 Å². The van der Waals surface area contributed by atoms with Gasteiger partial charge >= 0.3 is 5.88 Å². The van der Waals surface area contributed by atoms with Crippen LogP contribution in [0.5, 0.6) is 5.88 Å². The average molecular weight is 216 g/mol. The predicted molar refractivity (Wildman–Crippen MR) is 64.2 cm³/mol. The smallest absolute Gasteiger partial charge is 0.366 e. The predicted octanol–water partition coefficient (Wildman–Crippen LogP) is 2.71. The van der Waals surface area contributed by atoms with Crippen LogP contribution in [0, 0.1) is 12.8 Å². The molecular weight excluding hydrogens is 198 g/mol. The van der Waals surface area contributed by atoms with E-state index in [-0.39, 0.29) is 6.10 Å². The lowest BCUT2D eigenvalue weighted by Crippen LogP contribution is -2.25. The summed E-state index contributed by atoms with van der Waals surface area (Å²) in [5.74, 6) is 1.34. The summed E-state index contributed by atoms with van der Waals surface area (Å²) in [4.78, 5) is 3.12. The van der Waals surface area contributed by atoms with E-state index in [1.165, 1.54) is 5.56 Å². The van der Waals surface area contributed by atoms with E-state index < -0.39 is 0 Å². The third kappa shape index (κ3) is 2.72. The summed E-state index contributed by atoms with van der Waals surface area (Å²) in [6.07, 6.45) is 11.6. The second-order valence-electron chi connectivity index (χ2n) is 4.34. The van der Waals surface area contributed by atoms with Crippen molar-refractivity contribution >= 4 is 0 Å². The molecule has 2 heteroatoms. The average Bonchev–Trinajstić information content (AvgIpc) is 2.45. The zero-order valence-electron chi connectivity index (χ0n) is 9.81. The van der Waals surface area contributed by atoms with Crippen molar-refractivity contribution < 1.29 is 9.72 Å². The number of hydrogen-bond donors (Lipinski definition) is 0. The normalized spacial score (nSPS) is 24.1. The molecule has 1 aromatic heterocycles. The van der Waals surface area contributed by atoms with Gasteiger partial charge in [0.05, 0.1) is 6.07 Å². The fourth-order valence-electron chi connectivity index (χ4n) is 1.79. The van der Waals surface area contributed by atoms with Gasteiger partial charge < -0.3 is 4.74 Å². The van der Waals surface area contributed by atoms with Crippen LogP contribution in [0.4, 0.5) is 0 Å². The minimum atomic E-state index is 0.146. The van der Waals surface area contributed by atoms with Gasteiger partial charge in [-0.05, 0) is 25.0 Å². The summed E-state index contributed by atoms with van der Waals surface area (Å²) >= 11 is 0. The monoisotopic (exact) mass is 216 g/mol. The third-order valence-corrected chi connectivity index (χ3v) is 2.81. The Morgan fingerprint density at radius 3 is 3.06 bits per heavy atom. The highest BCUT2D eigenvalue weighted by molar-refractivity contribution is 5.16. The van der Waals surface area contributed by atoms with Crippen molar-refractivity contribution in [3.05, 3.63) is 48.2 Å². The lowest BCUT2D eigenvalue weighted by atomic mass is 10.0. The maximum Gasteiger partial charge on any atom is 0.366 e. The maximum absolute atomic E-state index is 5.95. The number of allylic oxidation sites excluding steroid dienone is 3. The Hall–Kier alpha value is -1.57. The molecule has 0 bridgehead atoms. The summed E-state index contributed by atoms with van der Waals surface area (Å²) in [5.41, 5.74) is 1.21. The quantitative estimate of drug-likeness (QED) is 0.745. The molecular formula is C14H18NO+. The first-order chi connectivity index (χ1) is 7.75. The Labute approximate surface area is 96.7 Å². The molecule has 2 rings (SSSR count). The first-order valence-corrected chi connectivity index (χ1v) is 5.74. The van der Waals surface area contributed by atoms with Gasteiger partial charge in [0.25, 0.3) is 0 Å². The zero-order chi connectivity index (χ0) is 11.4. The molecule has 2 nitrogen and oxygen atoms in total. The molecule has 84 valence electrons. The highest BCUT2D eigenvalue weighted by atomic mass is 16.5. The number of aromatic nitrogens is 1. The Bertz CT molecular complexity index is 409. The van der Waals surface area contributed by atoms with Gasteiger partial charge in [0.2, 0.25) is 0 Å². The topological polar surface area (TPSA) is 23.4 Å². The van der Waals surface area contributed by atoms with Crippen molar-refractivity contribution in [2.75, 3.05) is 0 Å². The van der Waals surface area contributed by atoms with Crippen LogP contribution in [0.3, 0.4) is 0 Å². The number of ether oxygens (including phenoxy) is 1. The molecule has 1 N–H and O–H groups in total. The molecule has 0 aromatic carbocycles. The van der Waals surface area contributed by atoms with E-state index in [1.807, 2.05) is 18.3 Å². The number of rotatable bonds is 2. The zero-order valence-corrected chi connectivity index (χ0v) is 9.81. The highest BCUT2D eigenvalue weighted by Gasteiger charge is 2.18. The van der Waals surface area contributed by atoms with Gasteiger partial charge in [0, 0.05) is 12.0 Å². The second kappa shape index (κ2) is 4.97. The first-order valence-electron chi connectivity index (χ1n) is 5.74. The Morgan fingerprint density at radius 2 is 2.25 bits per heavy atom. The molecule has 0 saturated heterocycles. The van der Waals surface area contributed by atoms with Gasteiger partial charge in [-0.25, -0.2) is 0 Å². The highest BCUT2D eigenvalue weighted by Crippen LogP contribution is 2.18. The molecule has 2 atom stereocenters. The lowest BCUT2D eigenvalue weighted by Gasteiger charge is -2.17. The summed E-state index contributed by atoms with van der Waals surface area (Å²) < 4.78 is 5.95. The summed E-state index contributed by atoms with van der Waals surface area (Å²) in [6.45, 7) is 4.27. The summed E-state index contributed by atoms with van der Waals surface area (Å²) in [7, 11) is 0. The summed E-state index contributed by atoms with van der Waals surface area (Å²) in [5, 5.41) is 0. The largest absolute Gasteiger partial charge is 0.437 e. The van der Waals surface area contributed by atoms with Crippen molar-refractivity contribution in [3.8, 4) is 5.88 Å². The van der Waals surface area contributed by atoms with Crippen molar-refractivity contribution in [1.29, 1.82) is 0 Å². The van der Waals surface area contributed by atoms with E-state index in [0.29, 0.717) is 5.92 Å². The SMILES string of the molecule is Cc1cc[nH+]c(OC2C=CC=CC[C@H]2C)c1. The maximum atomic E-state index is 5.95. The third-order valence-electron chi connectivity index (χ3n) is 2.81. The molecule has 1 aromatic rings. The van der Waals surface area contributed by atoms with E-state index >= 15 is 0 Å². The van der Waals surface area contributed by atoms with E-state index in [4.69, 9.17) is 4.74 Å².